The van der Waals surface area contributed by atoms with Crippen molar-refractivity contribution in [1.82, 2.24) is 0 Å². The van der Waals surface area contributed by atoms with E-state index in [0.29, 0.717) is 22.1 Å². The largest absolute Gasteiger partial charge is 0.493 e. The molecule has 120 valence electrons. The van der Waals surface area contributed by atoms with Crippen molar-refractivity contribution in [2.24, 2.45) is 11.7 Å². The number of halogens is 2. The van der Waals surface area contributed by atoms with Crippen LogP contribution < -0.4 is 15.2 Å². The third-order valence-corrected chi connectivity index (χ3v) is 4.51. The predicted molar refractivity (Wildman–Crippen MR) is 86.7 cm³/mol. The van der Waals surface area contributed by atoms with Gasteiger partial charge in [0, 0.05) is 0 Å². The normalized spacial score (nSPS) is 18.0. The highest BCUT2D eigenvalue weighted by atomic mass is 35.5. The SMILES string of the molecule is COc1ccc([C@@H](N)[C@@H](O)C2CCCC2)c(Cl)c1OC.Cl. The van der Waals surface area contributed by atoms with E-state index in [-0.39, 0.29) is 18.3 Å². The summed E-state index contributed by atoms with van der Waals surface area (Å²) >= 11 is 6.34. The van der Waals surface area contributed by atoms with Crippen molar-refractivity contribution >= 4 is 24.0 Å². The van der Waals surface area contributed by atoms with Crippen molar-refractivity contribution in [3.05, 3.63) is 22.7 Å². The van der Waals surface area contributed by atoms with Gasteiger partial charge in [-0.2, -0.15) is 0 Å². The Hall–Kier alpha value is -0.680. The van der Waals surface area contributed by atoms with E-state index in [0.717, 1.165) is 25.7 Å². The fourth-order valence-corrected chi connectivity index (χ4v) is 3.30. The zero-order valence-electron chi connectivity index (χ0n) is 12.3. The van der Waals surface area contributed by atoms with Crippen molar-refractivity contribution in [2.45, 2.75) is 37.8 Å². The van der Waals surface area contributed by atoms with Gasteiger partial charge in [0.25, 0.3) is 0 Å². The van der Waals surface area contributed by atoms with Crippen LogP contribution in [-0.4, -0.2) is 25.4 Å². The van der Waals surface area contributed by atoms with E-state index in [1.807, 2.05) is 0 Å². The maximum Gasteiger partial charge on any atom is 0.179 e. The van der Waals surface area contributed by atoms with Gasteiger partial charge >= 0.3 is 0 Å². The second-order valence-electron chi connectivity index (χ2n) is 5.27. The van der Waals surface area contributed by atoms with Gasteiger partial charge in [0.2, 0.25) is 0 Å². The second-order valence-corrected chi connectivity index (χ2v) is 5.64. The van der Waals surface area contributed by atoms with Crippen LogP contribution in [0.25, 0.3) is 0 Å². The first-order valence-electron chi connectivity index (χ1n) is 6.94. The van der Waals surface area contributed by atoms with Gasteiger partial charge in [-0.1, -0.05) is 30.5 Å². The maximum absolute atomic E-state index is 10.4. The third-order valence-electron chi connectivity index (χ3n) is 4.12. The Balaban J connectivity index is 0.00000220. The fourth-order valence-electron chi connectivity index (χ4n) is 2.94. The summed E-state index contributed by atoms with van der Waals surface area (Å²) < 4.78 is 10.5. The van der Waals surface area contributed by atoms with E-state index in [2.05, 4.69) is 0 Å². The third kappa shape index (κ3) is 3.75. The standard InChI is InChI=1S/C15H22ClNO3.ClH/c1-19-11-8-7-10(12(16)15(11)20-2)13(17)14(18)9-5-3-4-6-9;/h7-9,13-14,18H,3-6,17H2,1-2H3;1H/t13-,14+;/m1./s1. The number of ether oxygens (including phenoxy) is 2. The molecule has 1 aliphatic rings. The lowest BCUT2D eigenvalue weighted by Crippen LogP contribution is -2.32. The van der Waals surface area contributed by atoms with E-state index in [1.165, 1.54) is 7.11 Å². The number of hydrogen-bond donors (Lipinski definition) is 2. The number of methoxy groups -OCH3 is 2. The molecule has 0 radical (unpaired) electrons. The fraction of sp³-hybridized carbons (Fsp3) is 0.600. The second kappa shape index (κ2) is 8.08. The number of rotatable bonds is 5. The van der Waals surface area contributed by atoms with Crippen molar-refractivity contribution < 1.29 is 14.6 Å². The summed E-state index contributed by atoms with van der Waals surface area (Å²) in [5.41, 5.74) is 6.90. The molecule has 0 heterocycles. The molecule has 2 atom stereocenters. The van der Waals surface area contributed by atoms with Crippen molar-refractivity contribution in [2.75, 3.05) is 14.2 Å². The first-order valence-corrected chi connectivity index (χ1v) is 7.32. The summed E-state index contributed by atoms with van der Waals surface area (Å²) in [6, 6.07) is 3.05. The number of hydrogen-bond acceptors (Lipinski definition) is 4. The number of aliphatic hydroxyl groups excluding tert-OH is 1. The van der Waals surface area contributed by atoms with E-state index in [9.17, 15) is 5.11 Å². The first kappa shape index (κ1) is 18.4. The van der Waals surface area contributed by atoms with Gasteiger partial charge in [0.05, 0.1) is 31.4 Å². The van der Waals surface area contributed by atoms with Crippen molar-refractivity contribution in [3.8, 4) is 11.5 Å². The van der Waals surface area contributed by atoms with Crippen LogP contribution in [0.5, 0.6) is 11.5 Å². The molecule has 0 unspecified atom stereocenters. The molecule has 0 aromatic heterocycles. The zero-order valence-corrected chi connectivity index (χ0v) is 13.9. The van der Waals surface area contributed by atoms with Gasteiger partial charge in [-0.3, -0.25) is 0 Å². The van der Waals surface area contributed by atoms with Crippen LogP contribution in [0, 0.1) is 5.92 Å². The molecule has 4 nitrogen and oxygen atoms in total. The molecule has 0 saturated heterocycles. The lowest BCUT2D eigenvalue weighted by Gasteiger charge is -2.26. The molecule has 1 aromatic carbocycles. The Morgan fingerprint density at radius 3 is 2.38 bits per heavy atom. The Morgan fingerprint density at radius 2 is 1.86 bits per heavy atom. The van der Waals surface area contributed by atoms with E-state index < -0.39 is 12.1 Å². The number of aliphatic hydroxyl groups is 1. The molecule has 0 spiro atoms. The maximum atomic E-state index is 10.4. The van der Waals surface area contributed by atoms with Gasteiger partial charge in [-0.15, -0.1) is 12.4 Å². The van der Waals surface area contributed by atoms with Gasteiger partial charge in [0.1, 0.15) is 0 Å². The molecule has 1 fully saturated rings. The molecule has 2 rings (SSSR count). The zero-order chi connectivity index (χ0) is 14.7. The Labute approximate surface area is 137 Å². The summed E-state index contributed by atoms with van der Waals surface area (Å²) in [5, 5.41) is 10.8. The van der Waals surface area contributed by atoms with Crippen LogP contribution in [0.4, 0.5) is 0 Å². The quantitative estimate of drug-likeness (QED) is 0.866. The van der Waals surface area contributed by atoms with Crippen LogP contribution in [0.2, 0.25) is 5.02 Å². The molecular formula is C15H23Cl2NO3. The van der Waals surface area contributed by atoms with Gasteiger partial charge in [-0.25, -0.2) is 0 Å². The smallest absolute Gasteiger partial charge is 0.179 e. The minimum atomic E-state index is -0.576. The van der Waals surface area contributed by atoms with Crippen LogP contribution in [-0.2, 0) is 0 Å². The predicted octanol–water partition coefficient (Wildman–Crippen LogP) is 3.33. The molecule has 0 amide bonds. The molecular weight excluding hydrogens is 313 g/mol. The molecule has 0 aliphatic heterocycles. The lowest BCUT2D eigenvalue weighted by atomic mass is 9.90. The van der Waals surface area contributed by atoms with Crippen LogP contribution in [0.1, 0.15) is 37.3 Å². The monoisotopic (exact) mass is 335 g/mol. The minimum absolute atomic E-state index is 0. The highest BCUT2D eigenvalue weighted by Gasteiger charge is 2.30. The van der Waals surface area contributed by atoms with E-state index in [1.54, 1.807) is 19.2 Å². The molecule has 1 aliphatic carbocycles. The highest BCUT2D eigenvalue weighted by Crippen LogP contribution is 2.41. The van der Waals surface area contributed by atoms with Crippen LogP contribution in [0.15, 0.2) is 12.1 Å². The first-order chi connectivity index (χ1) is 9.60. The lowest BCUT2D eigenvalue weighted by molar-refractivity contribution is 0.0844. The van der Waals surface area contributed by atoms with E-state index >= 15 is 0 Å². The average molecular weight is 336 g/mol. The summed E-state index contributed by atoms with van der Waals surface area (Å²) in [5.74, 6) is 1.28. The summed E-state index contributed by atoms with van der Waals surface area (Å²) in [7, 11) is 3.09. The number of benzene rings is 1. The summed E-state index contributed by atoms with van der Waals surface area (Å²) in [6.07, 6.45) is 3.80. The van der Waals surface area contributed by atoms with Gasteiger partial charge in [-0.05, 0) is 30.4 Å². The molecule has 21 heavy (non-hydrogen) atoms. The topological polar surface area (TPSA) is 64.7 Å². The molecule has 1 aromatic rings. The van der Waals surface area contributed by atoms with Crippen LogP contribution >= 0.6 is 24.0 Å². The summed E-state index contributed by atoms with van der Waals surface area (Å²) in [4.78, 5) is 0. The van der Waals surface area contributed by atoms with Crippen molar-refractivity contribution in [3.63, 3.8) is 0 Å². The Kier molecular flexibility index (Phi) is 7.07. The van der Waals surface area contributed by atoms with Crippen LogP contribution in [0.3, 0.4) is 0 Å². The van der Waals surface area contributed by atoms with Gasteiger partial charge in [0.15, 0.2) is 11.5 Å². The average Bonchev–Trinajstić information content (AvgIpc) is 2.99. The molecule has 6 heteroatoms. The Morgan fingerprint density at radius 1 is 1.24 bits per heavy atom. The molecule has 1 saturated carbocycles. The minimum Gasteiger partial charge on any atom is -0.493 e. The molecule has 0 bridgehead atoms. The van der Waals surface area contributed by atoms with Crippen molar-refractivity contribution in [1.29, 1.82) is 0 Å². The Bertz CT molecular complexity index is 464. The molecule has 3 N–H and O–H groups in total. The van der Waals surface area contributed by atoms with E-state index in [4.69, 9.17) is 26.8 Å². The van der Waals surface area contributed by atoms with Gasteiger partial charge < -0.3 is 20.3 Å². The number of nitrogens with two attached hydrogens (primary N) is 1. The highest BCUT2D eigenvalue weighted by molar-refractivity contribution is 6.33. The summed E-state index contributed by atoms with van der Waals surface area (Å²) in [6.45, 7) is 0.